The number of ether oxygens (including phenoxy) is 2. The molecule has 100 valence electrons. The Labute approximate surface area is 137 Å². The fourth-order valence-corrected chi connectivity index (χ4v) is 2.93. The second-order valence-electron chi connectivity index (χ2n) is 3.84. The highest BCUT2D eigenvalue weighted by Gasteiger charge is 2.08. The number of benzene rings is 2. The molecule has 0 aliphatic carbocycles. The SMILES string of the molecule is COc1cc(Br)c(OCc2cccc(Br)c2)cc1Br. The largest absolute Gasteiger partial charge is 0.496 e. The summed E-state index contributed by atoms with van der Waals surface area (Å²) in [5, 5.41) is 0. The lowest BCUT2D eigenvalue weighted by molar-refractivity contribution is 0.303. The lowest BCUT2D eigenvalue weighted by Gasteiger charge is -2.11. The third-order valence-corrected chi connectivity index (χ3v) is 4.22. The smallest absolute Gasteiger partial charge is 0.135 e. The third kappa shape index (κ3) is 3.97. The maximum atomic E-state index is 5.80. The van der Waals surface area contributed by atoms with Gasteiger partial charge in [0.15, 0.2) is 0 Å². The van der Waals surface area contributed by atoms with Crippen LogP contribution in [0.5, 0.6) is 11.5 Å². The Hall–Kier alpha value is -0.520. The van der Waals surface area contributed by atoms with E-state index >= 15 is 0 Å². The molecule has 2 aromatic carbocycles. The maximum absolute atomic E-state index is 5.80. The highest BCUT2D eigenvalue weighted by Crippen LogP contribution is 2.36. The van der Waals surface area contributed by atoms with Gasteiger partial charge in [0.2, 0.25) is 0 Å². The summed E-state index contributed by atoms with van der Waals surface area (Å²) < 4.78 is 13.8. The van der Waals surface area contributed by atoms with Crippen LogP contribution < -0.4 is 9.47 Å². The Kier molecular flexibility index (Phi) is 5.30. The molecule has 0 spiro atoms. The van der Waals surface area contributed by atoms with Crippen LogP contribution in [0, 0.1) is 0 Å². The first kappa shape index (κ1) is 14.9. The van der Waals surface area contributed by atoms with Crippen LogP contribution in [-0.2, 0) is 6.61 Å². The minimum absolute atomic E-state index is 0.511. The van der Waals surface area contributed by atoms with Gasteiger partial charge in [0.05, 0.1) is 16.1 Å². The van der Waals surface area contributed by atoms with E-state index in [1.165, 1.54) is 0 Å². The van der Waals surface area contributed by atoms with Gasteiger partial charge in [-0.05, 0) is 61.7 Å². The lowest BCUT2D eigenvalue weighted by Crippen LogP contribution is -1.96. The molecule has 2 rings (SSSR count). The summed E-state index contributed by atoms with van der Waals surface area (Å²) in [5.74, 6) is 1.54. The summed E-state index contributed by atoms with van der Waals surface area (Å²) in [6.07, 6.45) is 0. The summed E-state index contributed by atoms with van der Waals surface area (Å²) in [4.78, 5) is 0. The Morgan fingerprint density at radius 1 is 0.947 bits per heavy atom. The van der Waals surface area contributed by atoms with Crippen molar-refractivity contribution in [3.05, 3.63) is 55.4 Å². The van der Waals surface area contributed by atoms with E-state index in [1.54, 1.807) is 7.11 Å². The molecular formula is C14H11Br3O2. The van der Waals surface area contributed by atoms with Gasteiger partial charge in [-0.15, -0.1) is 0 Å². The van der Waals surface area contributed by atoms with Crippen LogP contribution in [0.15, 0.2) is 49.8 Å². The van der Waals surface area contributed by atoms with Crippen LogP contribution in [0.1, 0.15) is 5.56 Å². The molecule has 0 unspecified atom stereocenters. The highest BCUT2D eigenvalue weighted by atomic mass is 79.9. The standard InChI is InChI=1S/C14H11Br3O2/c1-18-13-6-12(17)14(7-11(13)16)19-8-9-3-2-4-10(15)5-9/h2-7H,8H2,1H3. The monoisotopic (exact) mass is 448 g/mol. The molecule has 2 nitrogen and oxygen atoms in total. The summed E-state index contributed by atoms with van der Waals surface area (Å²) in [5.41, 5.74) is 1.10. The van der Waals surface area contributed by atoms with E-state index in [9.17, 15) is 0 Å². The van der Waals surface area contributed by atoms with Gasteiger partial charge in [0.1, 0.15) is 18.1 Å². The van der Waals surface area contributed by atoms with Crippen LogP contribution in [-0.4, -0.2) is 7.11 Å². The zero-order valence-corrected chi connectivity index (χ0v) is 14.9. The molecule has 0 saturated carbocycles. The summed E-state index contributed by atoms with van der Waals surface area (Å²) >= 11 is 10.4. The van der Waals surface area contributed by atoms with Gasteiger partial charge in [-0.3, -0.25) is 0 Å². The first-order chi connectivity index (χ1) is 9.10. The average Bonchev–Trinajstić information content (AvgIpc) is 2.39. The van der Waals surface area contributed by atoms with E-state index in [0.29, 0.717) is 6.61 Å². The molecule has 0 fully saturated rings. The van der Waals surface area contributed by atoms with Crippen molar-refractivity contribution in [3.8, 4) is 11.5 Å². The normalized spacial score (nSPS) is 10.3. The van der Waals surface area contributed by atoms with Gasteiger partial charge in [0.25, 0.3) is 0 Å². The van der Waals surface area contributed by atoms with Crippen LogP contribution in [0.25, 0.3) is 0 Å². The van der Waals surface area contributed by atoms with E-state index in [1.807, 2.05) is 36.4 Å². The molecule has 5 heteroatoms. The molecule has 0 aliphatic heterocycles. The Morgan fingerprint density at radius 3 is 2.32 bits per heavy atom. The van der Waals surface area contributed by atoms with E-state index in [4.69, 9.17) is 9.47 Å². The van der Waals surface area contributed by atoms with Gasteiger partial charge < -0.3 is 9.47 Å². The van der Waals surface area contributed by atoms with Crippen LogP contribution in [0.4, 0.5) is 0 Å². The fraction of sp³-hybridized carbons (Fsp3) is 0.143. The molecule has 0 aliphatic rings. The predicted molar refractivity (Wildman–Crippen MR) is 86.9 cm³/mol. The Morgan fingerprint density at radius 2 is 1.63 bits per heavy atom. The van der Waals surface area contributed by atoms with E-state index in [0.717, 1.165) is 30.5 Å². The van der Waals surface area contributed by atoms with E-state index < -0.39 is 0 Å². The zero-order valence-electron chi connectivity index (χ0n) is 10.1. The van der Waals surface area contributed by atoms with Gasteiger partial charge in [0, 0.05) is 4.47 Å². The van der Waals surface area contributed by atoms with Crippen molar-refractivity contribution in [1.29, 1.82) is 0 Å². The summed E-state index contributed by atoms with van der Waals surface area (Å²) in [6, 6.07) is 11.8. The molecule has 0 atom stereocenters. The molecule has 2 aromatic rings. The van der Waals surface area contributed by atoms with Crippen molar-refractivity contribution in [2.75, 3.05) is 7.11 Å². The zero-order chi connectivity index (χ0) is 13.8. The van der Waals surface area contributed by atoms with Crippen molar-refractivity contribution in [2.24, 2.45) is 0 Å². The van der Waals surface area contributed by atoms with Gasteiger partial charge in [-0.2, -0.15) is 0 Å². The van der Waals surface area contributed by atoms with E-state index in [2.05, 4.69) is 47.8 Å². The molecule has 19 heavy (non-hydrogen) atoms. The molecule has 0 amide bonds. The maximum Gasteiger partial charge on any atom is 0.135 e. The Bertz CT molecular complexity index is 585. The second-order valence-corrected chi connectivity index (χ2v) is 6.46. The number of rotatable bonds is 4. The topological polar surface area (TPSA) is 18.5 Å². The number of hydrogen-bond acceptors (Lipinski definition) is 2. The minimum Gasteiger partial charge on any atom is -0.496 e. The summed E-state index contributed by atoms with van der Waals surface area (Å²) in [7, 11) is 1.63. The first-order valence-corrected chi connectivity index (χ1v) is 7.88. The van der Waals surface area contributed by atoms with Gasteiger partial charge in [-0.25, -0.2) is 0 Å². The Balaban J connectivity index is 2.13. The molecule has 0 heterocycles. The second kappa shape index (κ2) is 6.77. The summed E-state index contributed by atoms with van der Waals surface area (Å²) in [6.45, 7) is 0.511. The molecule has 0 N–H and O–H groups in total. The van der Waals surface area contributed by atoms with Gasteiger partial charge >= 0.3 is 0 Å². The van der Waals surface area contributed by atoms with Crippen LogP contribution in [0.3, 0.4) is 0 Å². The van der Waals surface area contributed by atoms with Crippen molar-refractivity contribution >= 4 is 47.8 Å². The van der Waals surface area contributed by atoms with Crippen LogP contribution >= 0.6 is 47.8 Å². The number of hydrogen-bond donors (Lipinski definition) is 0. The predicted octanol–water partition coefficient (Wildman–Crippen LogP) is 5.56. The quantitative estimate of drug-likeness (QED) is 0.607. The molecular weight excluding hydrogens is 440 g/mol. The number of halogens is 3. The van der Waals surface area contributed by atoms with Gasteiger partial charge in [-0.1, -0.05) is 28.1 Å². The first-order valence-electron chi connectivity index (χ1n) is 5.50. The average molecular weight is 451 g/mol. The number of methoxy groups -OCH3 is 1. The molecule has 0 bridgehead atoms. The van der Waals surface area contributed by atoms with Crippen molar-refractivity contribution in [3.63, 3.8) is 0 Å². The minimum atomic E-state index is 0.511. The molecule has 0 saturated heterocycles. The molecule has 0 aromatic heterocycles. The highest BCUT2D eigenvalue weighted by molar-refractivity contribution is 9.11. The van der Waals surface area contributed by atoms with E-state index in [-0.39, 0.29) is 0 Å². The van der Waals surface area contributed by atoms with Crippen molar-refractivity contribution in [1.82, 2.24) is 0 Å². The fourth-order valence-electron chi connectivity index (χ4n) is 1.57. The van der Waals surface area contributed by atoms with Crippen LogP contribution in [0.2, 0.25) is 0 Å². The third-order valence-electron chi connectivity index (χ3n) is 2.49. The molecule has 0 radical (unpaired) electrons. The lowest BCUT2D eigenvalue weighted by atomic mass is 10.2. The van der Waals surface area contributed by atoms with Crippen molar-refractivity contribution in [2.45, 2.75) is 6.61 Å². The van der Waals surface area contributed by atoms with Crippen molar-refractivity contribution < 1.29 is 9.47 Å².